The van der Waals surface area contributed by atoms with Crippen molar-refractivity contribution in [1.82, 2.24) is 0 Å². The van der Waals surface area contributed by atoms with Crippen molar-refractivity contribution in [1.29, 1.82) is 5.26 Å². The molecule has 150 valence electrons. The van der Waals surface area contributed by atoms with E-state index in [0.717, 1.165) is 5.56 Å². The number of rotatable bonds is 6. The summed E-state index contributed by atoms with van der Waals surface area (Å²) in [5.74, 6) is -0.912. The molecule has 1 N–H and O–H groups in total. The van der Waals surface area contributed by atoms with Crippen LogP contribution in [0.1, 0.15) is 11.1 Å². The first-order valence-corrected chi connectivity index (χ1v) is 9.56. The number of amides is 1. The second-order valence-corrected chi connectivity index (χ2v) is 7.07. The van der Waals surface area contributed by atoms with Gasteiger partial charge in [0, 0.05) is 15.6 Å². The van der Waals surface area contributed by atoms with E-state index in [1.165, 1.54) is 24.3 Å². The quantitative estimate of drug-likeness (QED) is 0.363. The molecule has 0 heterocycles. The molecule has 0 aliphatic heterocycles. The van der Waals surface area contributed by atoms with Gasteiger partial charge in [0.15, 0.2) is 0 Å². The maximum Gasteiger partial charge on any atom is 0.266 e. The van der Waals surface area contributed by atoms with Crippen molar-refractivity contribution in [3.05, 3.63) is 99.3 Å². The Balaban J connectivity index is 1.83. The number of nitriles is 1. The first kappa shape index (κ1) is 21.4. The third-order valence-electron chi connectivity index (χ3n) is 4.07. The van der Waals surface area contributed by atoms with Crippen LogP contribution in [-0.4, -0.2) is 5.91 Å². The normalized spacial score (nSPS) is 10.9. The van der Waals surface area contributed by atoms with E-state index in [2.05, 4.69) is 5.32 Å². The lowest BCUT2D eigenvalue weighted by Crippen LogP contribution is -2.14. The minimum atomic E-state index is -0.744. The van der Waals surface area contributed by atoms with Crippen LogP contribution in [-0.2, 0) is 11.4 Å². The number of ether oxygens (including phenoxy) is 1. The van der Waals surface area contributed by atoms with Crippen LogP contribution in [0.15, 0.2) is 72.3 Å². The van der Waals surface area contributed by atoms with Gasteiger partial charge in [0.2, 0.25) is 0 Å². The summed E-state index contributed by atoms with van der Waals surface area (Å²) in [6.07, 6.45) is 1.35. The number of carbonyl (C=O) groups is 1. The van der Waals surface area contributed by atoms with E-state index in [1.54, 1.807) is 36.4 Å². The van der Waals surface area contributed by atoms with Gasteiger partial charge in [0.05, 0.1) is 5.69 Å². The summed E-state index contributed by atoms with van der Waals surface area (Å²) in [5.41, 5.74) is 1.09. The molecule has 0 saturated heterocycles. The molecule has 0 atom stereocenters. The third kappa shape index (κ3) is 5.60. The first-order valence-electron chi connectivity index (χ1n) is 8.81. The van der Waals surface area contributed by atoms with Gasteiger partial charge < -0.3 is 10.1 Å². The highest BCUT2D eigenvalue weighted by molar-refractivity contribution is 6.31. The van der Waals surface area contributed by atoms with Gasteiger partial charge in [0.1, 0.15) is 29.8 Å². The number of halogens is 3. The fourth-order valence-electron chi connectivity index (χ4n) is 2.56. The Morgan fingerprint density at radius 3 is 2.47 bits per heavy atom. The zero-order valence-corrected chi connectivity index (χ0v) is 17.0. The smallest absolute Gasteiger partial charge is 0.266 e. The van der Waals surface area contributed by atoms with Crippen LogP contribution in [0.4, 0.5) is 10.1 Å². The molecule has 0 saturated carbocycles. The Morgan fingerprint density at radius 2 is 1.77 bits per heavy atom. The van der Waals surface area contributed by atoms with E-state index < -0.39 is 11.7 Å². The molecule has 0 bridgehead atoms. The minimum Gasteiger partial charge on any atom is -0.488 e. The van der Waals surface area contributed by atoms with Gasteiger partial charge >= 0.3 is 0 Å². The van der Waals surface area contributed by atoms with Crippen LogP contribution >= 0.6 is 23.2 Å². The van der Waals surface area contributed by atoms with Crippen LogP contribution in [0.5, 0.6) is 5.75 Å². The molecule has 0 spiro atoms. The molecule has 4 nitrogen and oxygen atoms in total. The molecule has 7 heteroatoms. The average Bonchev–Trinajstić information content (AvgIpc) is 2.74. The molecular formula is C23H15Cl2FN2O2. The summed E-state index contributed by atoms with van der Waals surface area (Å²) in [7, 11) is 0. The minimum absolute atomic E-state index is 0.0195. The maximum atomic E-state index is 13.8. The highest BCUT2D eigenvalue weighted by atomic mass is 35.5. The number of carbonyl (C=O) groups excluding carboxylic acids is 1. The number of anilines is 1. The Labute approximate surface area is 183 Å². The van der Waals surface area contributed by atoms with Crippen LogP contribution < -0.4 is 10.1 Å². The van der Waals surface area contributed by atoms with E-state index in [4.69, 9.17) is 27.9 Å². The fraction of sp³-hybridized carbons (Fsp3) is 0.0435. The summed E-state index contributed by atoms with van der Waals surface area (Å²) in [5, 5.41) is 12.9. The van der Waals surface area contributed by atoms with Crippen molar-refractivity contribution >= 4 is 40.9 Å². The molecule has 1 amide bonds. The molecule has 0 unspecified atom stereocenters. The van der Waals surface area contributed by atoms with Crippen molar-refractivity contribution in [3.63, 3.8) is 0 Å². The van der Waals surface area contributed by atoms with Crippen molar-refractivity contribution in [2.45, 2.75) is 6.61 Å². The lowest BCUT2D eigenvalue weighted by Gasteiger charge is -2.11. The Bertz CT molecular complexity index is 1140. The number of para-hydroxylation sites is 1. The zero-order valence-electron chi connectivity index (χ0n) is 15.5. The summed E-state index contributed by atoms with van der Waals surface area (Å²) in [6.45, 7) is 0.253. The third-order valence-corrected chi connectivity index (χ3v) is 4.55. The van der Waals surface area contributed by atoms with Crippen molar-refractivity contribution in [3.8, 4) is 11.8 Å². The Morgan fingerprint density at radius 1 is 1.07 bits per heavy atom. The van der Waals surface area contributed by atoms with Gasteiger partial charge in [-0.05, 0) is 54.1 Å². The van der Waals surface area contributed by atoms with Crippen LogP contribution in [0.3, 0.4) is 0 Å². The highest BCUT2D eigenvalue weighted by Crippen LogP contribution is 2.27. The summed E-state index contributed by atoms with van der Waals surface area (Å²) >= 11 is 12.0. The van der Waals surface area contributed by atoms with Crippen LogP contribution in [0, 0.1) is 17.1 Å². The SMILES string of the molecule is N#C/C(=C\c1cc(Cl)ccc1OCc1ccc(Cl)cc1)C(=O)Nc1ccccc1F. The Hall–Kier alpha value is -3.33. The lowest BCUT2D eigenvalue weighted by atomic mass is 10.1. The molecule has 0 aliphatic carbocycles. The topological polar surface area (TPSA) is 62.1 Å². The predicted octanol–water partition coefficient (Wildman–Crippen LogP) is 6.26. The number of hydrogen-bond acceptors (Lipinski definition) is 3. The van der Waals surface area contributed by atoms with E-state index >= 15 is 0 Å². The molecule has 0 aliphatic rings. The van der Waals surface area contributed by atoms with Gasteiger partial charge in [0.25, 0.3) is 5.91 Å². The average molecular weight is 441 g/mol. The van der Waals surface area contributed by atoms with Crippen molar-refractivity contribution in [2.75, 3.05) is 5.32 Å². The number of nitrogens with one attached hydrogen (secondary N) is 1. The van der Waals surface area contributed by atoms with Crippen molar-refractivity contribution in [2.24, 2.45) is 0 Å². The molecule has 3 rings (SSSR count). The standard InChI is InChI=1S/C23H15Cl2FN2O2/c24-18-7-5-15(6-8-18)14-30-22-10-9-19(25)12-16(22)11-17(13-27)23(29)28-21-4-2-1-3-20(21)26/h1-12H,14H2,(H,28,29)/b17-11+. The molecule has 3 aromatic rings. The van der Waals surface area contributed by atoms with E-state index in [-0.39, 0.29) is 17.9 Å². The highest BCUT2D eigenvalue weighted by Gasteiger charge is 2.13. The summed E-state index contributed by atoms with van der Waals surface area (Å²) in [4.78, 5) is 12.5. The Kier molecular flexibility index (Phi) is 7.08. The largest absolute Gasteiger partial charge is 0.488 e. The fourth-order valence-corrected chi connectivity index (χ4v) is 2.87. The van der Waals surface area contributed by atoms with Crippen LogP contribution in [0.25, 0.3) is 6.08 Å². The molecule has 3 aromatic carbocycles. The lowest BCUT2D eigenvalue weighted by molar-refractivity contribution is -0.112. The monoisotopic (exact) mass is 440 g/mol. The molecule has 30 heavy (non-hydrogen) atoms. The molecule has 0 aromatic heterocycles. The van der Waals surface area contributed by atoms with Gasteiger partial charge in [-0.15, -0.1) is 0 Å². The van der Waals surface area contributed by atoms with E-state index in [0.29, 0.717) is 21.4 Å². The van der Waals surface area contributed by atoms with E-state index in [9.17, 15) is 14.4 Å². The molecule has 0 fully saturated rings. The van der Waals surface area contributed by atoms with Gasteiger partial charge in [-0.25, -0.2) is 4.39 Å². The number of nitrogens with zero attached hydrogens (tertiary/aromatic N) is 1. The van der Waals surface area contributed by atoms with Crippen LogP contribution in [0.2, 0.25) is 10.0 Å². The maximum absolute atomic E-state index is 13.8. The molecular weight excluding hydrogens is 426 g/mol. The van der Waals surface area contributed by atoms with Gasteiger partial charge in [-0.3, -0.25) is 4.79 Å². The zero-order chi connectivity index (χ0) is 21.5. The van der Waals surface area contributed by atoms with Crippen molar-refractivity contribution < 1.29 is 13.9 Å². The first-order chi connectivity index (χ1) is 14.5. The van der Waals surface area contributed by atoms with Gasteiger partial charge in [-0.2, -0.15) is 5.26 Å². The number of benzene rings is 3. The summed E-state index contributed by atoms with van der Waals surface area (Å²) in [6, 6.07) is 19.6. The predicted molar refractivity (Wildman–Crippen MR) is 116 cm³/mol. The number of hydrogen-bond donors (Lipinski definition) is 1. The van der Waals surface area contributed by atoms with E-state index in [1.807, 2.05) is 18.2 Å². The summed E-state index contributed by atoms with van der Waals surface area (Å²) < 4.78 is 19.6. The second kappa shape index (κ2) is 9.93. The molecule has 0 radical (unpaired) electrons. The van der Waals surface area contributed by atoms with Gasteiger partial charge in [-0.1, -0.05) is 47.5 Å². The second-order valence-electron chi connectivity index (χ2n) is 6.20.